The molecule has 2 aromatic rings. The van der Waals surface area contributed by atoms with Crippen LogP contribution < -0.4 is 24.5 Å². The number of hydrogen-bond acceptors (Lipinski definition) is 4. The molecular formula is C9H9BLiNO3. The zero-order valence-corrected chi connectivity index (χ0v) is 8.33. The van der Waals surface area contributed by atoms with E-state index in [1.54, 1.807) is 18.2 Å². The predicted molar refractivity (Wildman–Crippen MR) is 53.8 cm³/mol. The van der Waals surface area contributed by atoms with Gasteiger partial charge in [0.25, 0.3) is 0 Å². The number of benzene rings is 1. The number of hydrogen-bond donors (Lipinski definition) is 3. The van der Waals surface area contributed by atoms with Crippen molar-refractivity contribution >= 4 is 23.1 Å². The van der Waals surface area contributed by atoms with Crippen LogP contribution in [-0.2, 0) is 0 Å². The Balaban J connectivity index is 0.00000112. The number of rotatable bonds is 1. The van der Waals surface area contributed by atoms with Gasteiger partial charge in [0, 0.05) is 6.20 Å². The monoisotopic (exact) mass is 197 g/mol. The van der Waals surface area contributed by atoms with Crippen LogP contribution in [-0.4, -0.2) is 26.8 Å². The van der Waals surface area contributed by atoms with Gasteiger partial charge < -0.3 is 15.1 Å². The molecule has 0 aliphatic rings. The average molecular weight is 197 g/mol. The van der Waals surface area contributed by atoms with E-state index in [9.17, 15) is 0 Å². The minimum absolute atomic E-state index is 0. The summed E-state index contributed by atoms with van der Waals surface area (Å²) >= 11 is 0. The molecule has 0 bridgehead atoms. The fourth-order valence-electron chi connectivity index (χ4n) is 1.45. The predicted octanol–water partition coefficient (Wildman–Crippen LogP) is -3.64. The fraction of sp³-hybridized carbons (Fsp3) is 0. The molecule has 2 rings (SSSR count). The van der Waals surface area contributed by atoms with E-state index in [0.717, 1.165) is 5.39 Å². The first-order valence-electron chi connectivity index (χ1n) is 4.24. The quantitative estimate of drug-likeness (QED) is 0.412. The molecule has 0 atom stereocenters. The van der Waals surface area contributed by atoms with Crippen molar-refractivity contribution in [1.29, 1.82) is 0 Å². The third kappa shape index (κ3) is 2.40. The molecule has 3 N–H and O–H groups in total. The second kappa shape index (κ2) is 4.35. The van der Waals surface area contributed by atoms with Gasteiger partial charge in [0.05, 0.1) is 0 Å². The molecule has 0 aliphatic heterocycles. The first kappa shape index (κ1) is 12.2. The Hall–Kier alpha value is -0.828. The van der Waals surface area contributed by atoms with E-state index in [-0.39, 0.29) is 24.5 Å². The largest absolute Gasteiger partial charge is 1.00 e. The van der Waals surface area contributed by atoms with E-state index in [1.807, 2.05) is 12.1 Å². The normalized spacial score (nSPS) is 11.1. The van der Waals surface area contributed by atoms with Crippen LogP contribution in [0.15, 0.2) is 36.5 Å². The molecule has 15 heavy (non-hydrogen) atoms. The summed E-state index contributed by atoms with van der Waals surface area (Å²) in [6, 6.07) is 8.79. The molecular weight excluding hydrogens is 188 g/mol. The van der Waals surface area contributed by atoms with E-state index in [2.05, 4.69) is 4.98 Å². The van der Waals surface area contributed by atoms with Crippen molar-refractivity contribution in [3.63, 3.8) is 0 Å². The summed E-state index contributed by atoms with van der Waals surface area (Å²) in [7, 11) is 0. The molecule has 0 saturated carbocycles. The fourth-order valence-corrected chi connectivity index (χ4v) is 1.45. The smallest absolute Gasteiger partial charge is 0.555 e. The molecule has 0 radical (unpaired) electrons. The van der Waals surface area contributed by atoms with Crippen molar-refractivity contribution in [2.24, 2.45) is 0 Å². The van der Waals surface area contributed by atoms with E-state index in [4.69, 9.17) is 15.1 Å². The molecule has 0 saturated heterocycles. The van der Waals surface area contributed by atoms with Crippen molar-refractivity contribution in [1.82, 2.24) is 4.98 Å². The molecule has 0 aliphatic carbocycles. The van der Waals surface area contributed by atoms with E-state index < -0.39 is 6.75 Å². The van der Waals surface area contributed by atoms with Crippen LogP contribution in [0.25, 0.3) is 10.8 Å². The van der Waals surface area contributed by atoms with Gasteiger partial charge in [-0.2, -0.15) is 0 Å². The van der Waals surface area contributed by atoms with Crippen molar-refractivity contribution in [2.45, 2.75) is 0 Å². The van der Waals surface area contributed by atoms with Gasteiger partial charge in [0.2, 0.25) is 0 Å². The van der Waals surface area contributed by atoms with Gasteiger partial charge in [-0.25, -0.2) is 0 Å². The van der Waals surface area contributed by atoms with E-state index >= 15 is 0 Å². The molecule has 1 aromatic heterocycles. The van der Waals surface area contributed by atoms with Gasteiger partial charge in [0.1, 0.15) is 0 Å². The van der Waals surface area contributed by atoms with E-state index in [0.29, 0.717) is 5.39 Å². The minimum atomic E-state index is -3.53. The molecule has 1 aromatic carbocycles. The van der Waals surface area contributed by atoms with Gasteiger partial charge in [-0.3, -0.25) is 4.98 Å². The molecule has 4 nitrogen and oxygen atoms in total. The van der Waals surface area contributed by atoms with Crippen LogP contribution in [0.1, 0.15) is 0 Å². The van der Waals surface area contributed by atoms with Crippen LogP contribution in [0, 0.1) is 0 Å². The summed E-state index contributed by atoms with van der Waals surface area (Å²) in [4.78, 5) is 3.76. The van der Waals surface area contributed by atoms with Crippen LogP contribution in [0.5, 0.6) is 0 Å². The van der Waals surface area contributed by atoms with E-state index in [1.165, 1.54) is 6.20 Å². The zero-order chi connectivity index (χ0) is 10.2. The Kier molecular flexibility index (Phi) is 3.55. The number of pyridine rings is 1. The molecule has 0 fully saturated rings. The van der Waals surface area contributed by atoms with Crippen molar-refractivity contribution in [3.8, 4) is 0 Å². The summed E-state index contributed by atoms with van der Waals surface area (Å²) in [5, 5.41) is 28.6. The van der Waals surface area contributed by atoms with Crippen molar-refractivity contribution < 1.29 is 33.9 Å². The summed E-state index contributed by atoms with van der Waals surface area (Å²) < 4.78 is 0. The number of aromatic nitrogens is 1. The molecule has 0 amide bonds. The Labute approximate surface area is 98.8 Å². The summed E-state index contributed by atoms with van der Waals surface area (Å²) in [5.41, 5.74) is -0.0944. The Morgan fingerprint density at radius 3 is 2.33 bits per heavy atom. The third-order valence-electron chi connectivity index (χ3n) is 2.07. The first-order chi connectivity index (χ1) is 6.59. The molecule has 0 spiro atoms. The second-order valence-electron chi connectivity index (χ2n) is 3.15. The molecule has 72 valence electrons. The maximum atomic E-state index is 9.10. The van der Waals surface area contributed by atoms with Crippen LogP contribution >= 0.6 is 0 Å². The van der Waals surface area contributed by atoms with Crippen LogP contribution in [0.2, 0.25) is 0 Å². The molecule has 1 heterocycles. The second-order valence-corrected chi connectivity index (χ2v) is 3.15. The summed E-state index contributed by atoms with van der Waals surface area (Å²) in [5.74, 6) is 0. The first-order valence-corrected chi connectivity index (χ1v) is 4.24. The third-order valence-corrected chi connectivity index (χ3v) is 2.07. The van der Waals surface area contributed by atoms with Gasteiger partial charge in [0.15, 0.2) is 0 Å². The Morgan fingerprint density at radius 1 is 1.00 bits per heavy atom. The Bertz CT molecular complexity index is 467. The van der Waals surface area contributed by atoms with Crippen LogP contribution in [0.3, 0.4) is 0 Å². The van der Waals surface area contributed by atoms with Gasteiger partial charge in [-0.1, -0.05) is 24.3 Å². The van der Waals surface area contributed by atoms with Crippen molar-refractivity contribution in [3.05, 3.63) is 36.5 Å². The number of nitrogens with zero attached hydrogens (tertiary/aromatic N) is 1. The summed E-state index contributed by atoms with van der Waals surface area (Å²) in [6.07, 6.45) is 1.43. The van der Waals surface area contributed by atoms with Gasteiger partial charge >= 0.3 is 25.6 Å². The molecule has 6 heteroatoms. The minimum Gasteiger partial charge on any atom is -0.555 e. The van der Waals surface area contributed by atoms with Crippen molar-refractivity contribution in [2.75, 3.05) is 0 Å². The Morgan fingerprint density at radius 2 is 1.67 bits per heavy atom. The topological polar surface area (TPSA) is 73.6 Å². The van der Waals surface area contributed by atoms with Crippen LogP contribution in [0.4, 0.5) is 0 Å². The standard InChI is InChI=1S/C9H9BNO3.Li/c12-10(13,14)9-8-4-2-1-3-7(8)5-6-11-9;/h1-6,12-14H;/q-1;+1. The maximum Gasteiger partial charge on any atom is 1.00 e. The maximum absolute atomic E-state index is 9.10. The van der Waals surface area contributed by atoms with Gasteiger partial charge in [-0.15, -0.1) is 0 Å². The number of fused-ring (bicyclic) bond motifs is 1. The molecule has 0 unspecified atom stereocenters. The SMILES string of the molecule is O[B-](O)(O)c1nccc2ccccc12.[Li+]. The zero-order valence-electron chi connectivity index (χ0n) is 8.33. The summed E-state index contributed by atoms with van der Waals surface area (Å²) in [6.45, 7) is -3.53. The average Bonchev–Trinajstić information content (AvgIpc) is 2.15. The van der Waals surface area contributed by atoms with Gasteiger partial charge in [-0.05, 0) is 22.4 Å².